The van der Waals surface area contributed by atoms with Crippen molar-refractivity contribution >= 4 is 0 Å². The molecule has 0 radical (unpaired) electrons. The van der Waals surface area contributed by atoms with Crippen LogP contribution in [0.5, 0.6) is 0 Å². The van der Waals surface area contributed by atoms with E-state index in [0.717, 1.165) is 11.8 Å². The first-order valence-corrected chi connectivity index (χ1v) is 2.64. The molecule has 0 aliphatic carbocycles. The van der Waals surface area contributed by atoms with Crippen molar-refractivity contribution in [1.29, 1.82) is 0 Å². The van der Waals surface area contributed by atoms with Gasteiger partial charge in [-0.2, -0.15) is 0 Å². The minimum absolute atomic E-state index is 0. The average molecular weight is 122 g/mol. The second kappa shape index (κ2) is 4.45. The number of hydrogen-bond acceptors (Lipinski definition) is 0. The van der Waals surface area contributed by atoms with Gasteiger partial charge in [0.05, 0.1) is 0 Å². The molecular weight excluding hydrogens is 108 g/mol. The maximum absolute atomic E-state index is 2.24. The summed E-state index contributed by atoms with van der Waals surface area (Å²) >= 11 is 0. The van der Waals surface area contributed by atoms with Crippen LogP contribution in [0.15, 0.2) is 0 Å². The topological polar surface area (TPSA) is 0 Å². The van der Waals surface area contributed by atoms with Crippen LogP contribution >= 0.6 is 0 Å². The Morgan fingerprint density at radius 1 is 0.714 bits per heavy atom. The Morgan fingerprint density at radius 2 is 0.857 bits per heavy atom. The molecule has 0 bridgehead atoms. The first-order chi connectivity index (χ1) is 2.64. The highest BCUT2D eigenvalue weighted by atomic mass is 35.5. The maximum Gasteiger partial charge on any atom is -0.0448 e. The molecule has 0 saturated carbocycles. The molecule has 0 aromatic carbocycles. The minimum Gasteiger partial charge on any atom is -1.00 e. The highest BCUT2D eigenvalue weighted by Crippen LogP contribution is 2.05. The molecule has 0 spiro atoms. The SMILES string of the molecule is CC(C)C(C)C.[Cl-]. The fourth-order valence-corrected chi connectivity index (χ4v) is 0. The molecule has 7 heavy (non-hydrogen) atoms. The lowest BCUT2D eigenvalue weighted by Gasteiger charge is -2.05. The molecule has 0 fully saturated rings. The zero-order valence-corrected chi connectivity index (χ0v) is 6.29. The van der Waals surface area contributed by atoms with Crippen molar-refractivity contribution in [3.63, 3.8) is 0 Å². The molecule has 0 aromatic rings. The summed E-state index contributed by atoms with van der Waals surface area (Å²) in [4.78, 5) is 0. The van der Waals surface area contributed by atoms with Crippen LogP contribution in [-0.2, 0) is 0 Å². The summed E-state index contributed by atoms with van der Waals surface area (Å²) in [5, 5.41) is 0. The molecule has 0 aliphatic heterocycles. The molecule has 46 valence electrons. The molecule has 0 aliphatic rings. The van der Waals surface area contributed by atoms with Gasteiger partial charge in [-0.3, -0.25) is 0 Å². The summed E-state index contributed by atoms with van der Waals surface area (Å²) in [6.07, 6.45) is 0. The van der Waals surface area contributed by atoms with E-state index >= 15 is 0 Å². The molecule has 0 amide bonds. The van der Waals surface area contributed by atoms with Gasteiger partial charge in [0.25, 0.3) is 0 Å². The van der Waals surface area contributed by atoms with Crippen LogP contribution in [0.3, 0.4) is 0 Å². The Kier molecular flexibility index (Phi) is 6.55. The first-order valence-electron chi connectivity index (χ1n) is 2.64. The molecule has 0 unspecified atom stereocenters. The quantitative estimate of drug-likeness (QED) is 0.431. The largest absolute Gasteiger partial charge is 1.00 e. The van der Waals surface area contributed by atoms with E-state index in [1.54, 1.807) is 0 Å². The van der Waals surface area contributed by atoms with E-state index in [0.29, 0.717) is 0 Å². The maximum atomic E-state index is 2.24. The summed E-state index contributed by atoms with van der Waals surface area (Å²) in [7, 11) is 0. The molecule has 0 atom stereocenters. The Morgan fingerprint density at radius 3 is 0.857 bits per heavy atom. The Bertz CT molecular complexity index is 25.2. The molecule has 0 heterocycles. The molecular formula is C6H14Cl-. The van der Waals surface area contributed by atoms with Crippen LogP contribution in [0.4, 0.5) is 0 Å². The third kappa shape index (κ3) is 6.29. The monoisotopic (exact) mass is 121 g/mol. The van der Waals surface area contributed by atoms with Gasteiger partial charge in [-0.25, -0.2) is 0 Å². The Hall–Kier alpha value is 0.290. The van der Waals surface area contributed by atoms with Gasteiger partial charge in [-0.05, 0) is 11.8 Å². The number of halogens is 1. The smallest absolute Gasteiger partial charge is 0.0448 e. The van der Waals surface area contributed by atoms with Gasteiger partial charge in [0, 0.05) is 0 Å². The molecule has 1 heteroatoms. The van der Waals surface area contributed by atoms with E-state index in [1.807, 2.05) is 0 Å². The third-order valence-electron chi connectivity index (χ3n) is 1.33. The lowest BCUT2D eigenvalue weighted by atomic mass is 10.0. The van der Waals surface area contributed by atoms with Gasteiger partial charge in [0.2, 0.25) is 0 Å². The zero-order valence-electron chi connectivity index (χ0n) is 5.53. The van der Waals surface area contributed by atoms with Crippen LogP contribution < -0.4 is 12.4 Å². The zero-order chi connectivity index (χ0) is 5.15. The van der Waals surface area contributed by atoms with Gasteiger partial charge in [-0.1, -0.05) is 27.7 Å². The molecule has 0 nitrogen and oxygen atoms in total. The van der Waals surface area contributed by atoms with E-state index in [4.69, 9.17) is 0 Å². The third-order valence-corrected chi connectivity index (χ3v) is 1.33. The van der Waals surface area contributed by atoms with Crippen molar-refractivity contribution < 1.29 is 12.4 Å². The normalized spacial score (nSPS) is 9.43. The van der Waals surface area contributed by atoms with E-state index in [1.165, 1.54) is 0 Å². The highest BCUT2D eigenvalue weighted by Gasteiger charge is 1.95. The summed E-state index contributed by atoms with van der Waals surface area (Å²) in [6.45, 7) is 8.96. The van der Waals surface area contributed by atoms with Gasteiger partial charge < -0.3 is 12.4 Å². The molecule has 0 saturated heterocycles. The number of hydrogen-bond donors (Lipinski definition) is 0. The van der Waals surface area contributed by atoms with Crippen LogP contribution in [0.1, 0.15) is 27.7 Å². The summed E-state index contributed by atoms with van der Waals surface area (Å²) < 4.78 is 0. The Labute approximate surface area is 52.7 Å². The van der Waals surface area contributed by atoms with Crippen molar-refractivity contribution in [2.75, 3.05) is 0 Å². The van der Waals surface area contributed by atoms with E-state index in [2.05, 4.69) is 27.7 Å². The second-order valence-corrected chi connectivity index (χ2v) is 2.49. The predicted octanol–water partition coefficient (Wildman–Crippen LogP) is -0.698. The fourth-order valence-electron chi connectivity index (χ4n) is 0. The van der Waals surface area contributed by atoms with Crippen molar-refractivity contribution in [2.45, 2.75) is 27.7 Å². The lowest BCUT2D eigenvalue weighted by Crippen LogP contribution is -3.00. The summed E-state index contributed by atoms with van der Waals surface area (Å²) in [5.74, 6) is 1.70. The van der Waals surface area contributed by atoms with Gasteiger partial charge in [0.15, 0.2) is 0 Å². The van der Waals surface area contributed by atoms with E-state index in [9.17, 15) is 0 Å². The van der Waals surface area contributed by atoms with Crippen LogP contribution in [0.2, 0.25) is 0 Å². The van der Waals surface area contributed by atoms with E-state index in [-0.39, 0.29) is 12.4 Å². The average Bonchev–Trinajstić information content (AvgIpc) is 1.36. The van der Waals surface area contributed by atoms with Crippen LogP contribution in [0.25, 0.3) is 0 Å². The summed E-state index contributed by atoms with van der Waals surface area (Å²) in [6, 6.07) is 0. The predicted molar refractivity (Wildman–Crippen MR) is 29.7 cm³/mol. The van der Waals surface area contributed by atoms with Crippen molar-refractivity contribution in [3.8, 4) is 0 Å². The minimum atomic E-state index is 0. The van der Waals surface area contributed by atoms with Crippen LogP contribution in [0, 0.1) is 11.8 Å². The van der Waals surface area contributed by atoms with Gasteiger partial charge in [-0.15, -0.1) is 0 Å². The van der Waals surface area contributed by atoms with Gasteiger partial charge >= 0.3 is 0 Å². The van der Waals surface area contributed by atoms with E-state index < -0.39 is 0 Å². The van der Waals surface area contributed by atoms with Gasteiger partial charge in [0.1, 0.15) is 0 Å². The Balaban J connectivity index is 0. The molecule has 0 N–H and O–H groups in total. The van der Waals surface area contributed by atoms with Crippen molar-refractivity contribution in [2.24, 2.45) is 11.8 Å². The summed E-state index contributed by atoms with van der Waals surface area (Å²) in [5.41, 5.74) is 0. The van der Waals surface area contributed by atoms with Crippen molar-refractivity contribution in [1.82, 2.24) is 0 Å². The molecule has 0 aromatic heterocycles. The standard InChI is InChI=1S/C6H14.ClH/c1-5(2)6(3)4;/h5-6H,1-4H3;1H/p-1. The lowest BCUT2D eigenvalue weighted by molar-refractivity contribution is -0.00000163. The molecule has 0 rings (SSSR count). The number of rotatable bonds is 1. The van der Waals surface area contributed by atoms with Crippen LogP contribution in [-0.4, -0.2) is 0 Å². The second-order valence-electron chi connectivity index (χ2n) is 2.49. The van der Waals surface area contributed by atoms with Crippen molar-refractivity contribution in [3.05, 3.63) is 0 Å². The first kappa shape index (κ1) is 10.3. The highest BCUT2D eigenvalue weighted by molar-refractivity contribution is 4.46. The fraction of sp³-hybridized carbons (Fsp3) is 1.00.